The van der Waals surface area contributed by atoms with Gasteiger partial charge < -0.3 is 10.6 Å². The molecule has 0 spiro atoms. The highest BCUT2D eigenvalue weighted by Crippen LogP contribution is 2.35. The van der Waals surface area contributed by atoms with Crippen LogP contribution in [0, 0.1) is 5.92 Å². The third kappa shape index (κ3) is 2.96. The smallest absolute Gasteiger partial charge is 0.224 e. The van der Waals surface area contributed by atoms with Gasteiger partial charge >= 0.3 is 0 Å². The zero-order valence-corrected chi connectivity index (χ0v) is 13.0. The van der Waals surface area contributed by atoms with Crippen molar-refractivity contribution in [2.45, 2.75) is 25.3 Å². The molecular formula is C14H18BrClN2O. The lowest BCUT2D eigenvalue weighted by Gasteiger charge is -2.17. The summed E-state index contributed by atoms with van der Waals surface area (Å²) in [6, 6.07) is 6.45. The second kappa shape index (κ2) is 6.25. The Morgan fingerprint density at radius 2 is 2.21 bits per heavy atom. The van der Waals surface area contributed by atoms with Crippen LogP contribution < -0.4 is 10.6 Å². The van der Waals surface area contributed by atoms with Crippen LogP contribution in [0.15, 0.2) is 22.7 Å². The van der Waals surface area contributed by atoms with Crippen molar-refractivity contribution in [3.63, 3.8) is 0 Å². The number of hydrogen-bond acceptors (Lipinski definition) is 2. The van der Waals surface area contributed by atoms with Crippen molar-refractivity contribution < 1.29 is 4.79 Å². The summed E-state index contributed by atoms with van der Waals surface area (Å²) in [4.78, 5) is 12.1. The minimum atomic E-state index is 0. The second-order valence-corrected chi connectivity index (χ2v) is 5.95. The van der Waals surface area contributed by atoms with Gasteiger partial charge in [-0.05, 0) is 43.0 Å². The van der Waals surface area contributed by atoms with Gasteiger partial charge in [0.1, 0.15) is 0 Å². The Morgan fingerprint density at radius 1 is 1.37 bits per heavy atom. The van der Waals surface area contributed by atoms with Crippen LogP contribution in [0.5, 0.6) is 0 Å². The number of benzene rings is 1. The molecule has 0 aromatic heterocycles. The maximum atomic E-state index is 12.1. The molecule has 1 fully saturated rings. The molecule has 0 saturated carbocycles. The summed E-state index contributed by atoms with van der Waals surface area (Å²) in [7, 11) is 0. The molecule has 1 amide bonds. The molecule has 1 aromatic rings. The molecule has 2 atom stereocenters. The lowest BCUT2D eigenvalue weighted by molar-refractivity contribution is -0.125. The minimum absolute atomic E-state index is 0. The molecular weight excluding hydrogens is 328 g/mol. The molecule has 1 heterocycles. The van der Waals surface area contributed by atoms with E-state index in [0.29, 0.717) is 0 Å². The van der Waals surface area contributed by atoms with E-state index in [4.69, 9.17) is 0 Å². The van der Waals surface area contributed by atoms with Gasteiger partial charge in [-0.1, -0.05) is 28.1 Å². The molecule has 104 valence electrons. The number of hydrogen-bond donors (Lipinski definition) is 2. The minimum Gasteiger partial charge on any atom is -0.349 e. The van der Waals surface area contributed by atoms with Crippen LogP contribution in [0.2, 0.25) is 0 Å². The standard InChI is InChI=1S/C14H17BrN2O.ClH/c15-12-3-1-2-11-10(12)4-5-13(11)17-14(18)9-6-7-16-8-9;/h1-3,9,13,16H,4-8H2,(H,17,18);1H. The molecule has 2 aliphatic rings. The summed E-state index contributed by atoms with van der Waals surface area (Å²) in [6.45, 7) is 1.79. The highest BCUT2D eigenvalue weighted by molar-refractivity contribution is 9.10. The molecule has 0 bridgehead atoms. The maximum absolute atomic E-state index is 12.1. The molecule has 5 heteroatoms. The van der Waals surface area contributed by atoms with Crippen molar-refractivity contribution in [1.29, 1.82) is 0 Å². The van der Waals surface area contributed by atoms with E-state index in [1.165, 1.54) is 15.6 Å². The monoisotopic (exact) mass is 344 g/mol. The van der Waals surface area contributed by atoms with E-state index in [0.717, 1.165) is 32.4 Å². The highest BCUT2D eigenvalue weighted by atomic mass is 79.9. The van der Waals surface area contributed by atoms with Crippen molar-refractivity contribution in [2.24, 2.45) is 5.92 Å². The predicted molar refractivity (Wildman–Crippen MR) is 81.6 cm³/mol. The van der Waals surface area contributed by atoms with Crippen LogP contribution in [-0.4, -0.2) is 19.0 Å². The average Bonchev–Trinajstić information content (AvgIpc) is 2.99. The Balaban J connectivity index is 0.00000133. The molecule has 1 aromatic carbocycles. The first kappa shape index (κ1) is 14.8. The van der Waals surface area contributed by atoms with Gasteiger partial charge in [0, 0.05) is 11.0 Å². The largest absolute Gasteiger partial charge is 0.349 e. The summed E-state index contributed by atoms with van der Waals surface area (Å²) in [5, 5.41) is 6.44. The lowest BCUT2D eigenvalue weighted by Crippen LogP contribution is -2.34. The topological polar surface area (TPSA) is 41.1 Å². The molecule has 3 nitrogen and oxygen atoms in total. The molecule has 1 aliphatic heterocycles. The number of nitrogens with one attached hydrogen (secondary N) is 2. The van der Waals surface area contributed by atoms with Gasteiger partial charge in [0.25, 0.3) is 0 Å². The van der Waals surface area contributed by atoms with Gasteiger partial charge in [0.05, 0.1) is 12.0 Å². The van der Waals surface area contributed by atoms with E-state index in [-0.39, 0.29) is 30.3 Å². The van der Waals surface area contributed by atoms with Crippen molar-refractivity contribution in [3.05, 3.63) is 33.8 Å². The van der Waals surface area contributed by atoms with Crippen LogP contribution in [-0.2, 0) is 11.2 Å². The number of fused-ring (bicyclic) bond motifs is 1. The van der Waals surface area contributed by atoms with Crippen molar-refractivity contribution in [3.8, 4) is 0 Å². The number of carbonyl (C=O) groups excluding carboxylic acids is 1. The fourth-order valence-electron chi connectivity index (χ4n) is 2.93. The number of amides is 1. The first-order chi connectivity index (χ1) is 8.75. The summed E-state index contributed by atoms with van der Waals surface area (Å²) in [5.74, 6) is 0.360. The summed E-state index contributed by atoms with van der Waals surface area (Å²) in [6.07, 6.45) is 3.03. The molecule has 19 heavy (non-hydrogen) atoms. The van der Waals surface area contributed by atoms with E-state index in [9.17, 15) is 4.79 Å². The van der Waals surface area contributed by atoms with E-state index >= 15 is 0 Å². The summed E-state index contributed by atoms with van der Waals surface area (Å²) >= 11 is 3.58. The van der Waals surface area contributed by atoms with Crippen LogP contribution >= 0.6 is 28.3 Å². The van der Waals surface area contributed by atoms with Crippen LogP contribution in [0.25, 0.3) is 0 Å². The third-order valence-electron chi connectivity index (χ3n) is 3.96. The van der Waals surface area contributed by atoms with Gasteiger partial charge in [-0.2, -0.15) is 0 Å². The van der Waals surface area contributed by atoms with Gasteiger partial charge in [-0.25, -0.2) is 0 Å². The Labute approximate surface area is 128 Å². The van der Waals surface area contributed by atoms with Crippen LogP contribution in [0.1, 0.15) is 30.0 Å². The molecule has 2 N–H and O–H groups in total. The van der Waals surface area contributed by atoms with Gasteiger partial charge in [0.2, 0.25) is 5.91 Å². The third-order valence-corrected chi connectivity index (χ3v) is 4.70. The quantitative estimate of drug-likeness (QED) is 0.865. The molecule has 1 aliphatic carbocycles. The normalized spacial score (nSPS) is 24.7. The maximum Gasteiger partial charge on any atom is 0.224 e. The Kier molecular flexibility index (Phi) is 4.87. The second-order valence-electron chi connectivity index (χ2n) is 5.10. The van der Waals surface area contributed by atoms with Crippen LogP contribution in [0.3, 0.4) is 0 Å². The van der Waals surface area contributed by atoms with E-state index in [1.807, 2.05) is 6.07 Å². The van der Waals surface area contributed by atoms with Gasteiger partial charge in [0.15, 0.2) is 0 Å². The Bertz CT molecular complexity index is 475. The summed E-state index contributed by atoms with van der Waals surface area (Å²) in [5.41, 5.74) is 2.64. The molecule has 2 unspecified atom stereocenters. The SMILES string of the molecule is Cl.O=C(NC1CCc2c(Br)cccc21)C1CCNC1. The molecule has 1 saturated heterocycles. The first-order valence-electron chi connectivity index (χ1n) is 6.54. The number of carbonyl (C=O) groups is 1. The van der Waals surface area contributed by atoms with Crippen molar-refractivity contribution in [2.75, 3.05) is 13.1 Å². The lowest BCUT2D eigenvalue weighted by atomic mass is 10.1. The zero-order chi connectivity index (χ0) is 12.5. The number of halogens is 2. The fraction of sp³-hybridized carbons (Fsp3) is 0.500. The molecule has 3 rings (SSSR count). The van der Waals surface area contributed by atoms with Gasteiger partial charge in [-0.15, -0.1) is 12.4 Å². The highest BCUT2D eigenvalue weighted by Gasteiger charge is 2.29. The average molecular weight is 346 g/mol. The van der Waals surface area contributed by atoms with E-state index in [1.54, 1.807) is 0 Å². The zero-order valence-electron chi connectivity index (χ0n) is 10.6. The van der Waals surface area contributed by atoms with E-state index < -0.39 is 0 Å². The Hall–Kier alpha value is -0.580. The summed E-state index contributed by atoms with van der Waals surface area (Å²) < 4.78 is 1.17. The van der Waals surface area contributed by atoms with E-state index in [2.05, 4.69) is 38.7 Å². The first-order valence-corrected chi connectivity index (χ1v) is 7.33. The van der Waals surface area contributed by atoms with Gasteiger partial charge in [-0.3, -0.25) is 4.79 Å². The van der Waals surface area contributed by atoms with Crippen LogP contribution in [0.4, 0.5) is 0 Å². The predicted octanol–water partition coefficient (Wildman–Crippen LogP) is 2.58. The van der Waals surface area contributed by atoms with Crippen molar-refractivity contribution in [1.82, 2.24) is 10.6 Å². The fourth-order valence-corrected chi connectivity index (χ4v) is 3.51. The molecule has 0 radical (unpaired) electrons. The van der Waals surface area contributed by atoms with Crippen molar-refractivity contribution >= 4 is 34.2 Å². The number of rotatable bonds is 2. The Morgan fingerprint density at radius 3 is 2.95 bits per heavy atom.